The number of methoxy groups -OCH3 is 1. The van der Waals surface area contributed by atoms with Gasteiger partial charge >= 0.3 is 11.9 Å². The molecular weight excluding hydrogens is 244 g/mol. The van der Waals surface area contributed by atoms with Crippen molar-refractivity contribution in [2.24, 2.45) is 23.7 Å². The van der Waals surface area contributed by atoms with E-state index in [9.17, 15) is 9.59 Å². The zero-order valence-corrected chi connectivity index (χ0v) is 12.0. The molecule has 0 radical (unpaired) electrons. The van der Waals surface area contributed by atoms with E-state index in [0.29, 0.717) is 12.3 Å². The van der Waals surface area contributed by atoms with Gasteiger partial charge in [0, 0.05) is 6.42 Å². The predicted octanol–water partition coefficient (Wildman–Crippen LogP) is 2.33. The zero-order chi connectivity index (χ0) is 14.2. The van der Waals surface area contributed by atoms with Crippen LogP contribution in [0.5, 0.6) is 0 Å². The summed E-state index contributed by atoms with van der Waals surface area (Å²) in [5.41, 5.74) is -0.488. The molecule has 0 heterocycles. The van der Waals surface area contributed by atoms with Gasteiger partial charge in [-0.2, -0.15) is 0 Å². The van der Waals surface area contributed by atoms with Crippen molar-refractivity contribution in [1.29, 1.82) is 0 Å². The summed E-state index contributed by atoms with van der Waals surface area (Å²) in [5, 5.41) is 0. The van der Waals surface area contributed by atoms with Crippen LogP contribution in [0, 0.1) is 23.7 Å². The minimum Gasteiger partial charge on any atom is -0.469 e. The topological polar surface area (TPSA) is 52.6 Å². The predicted molar refractivity (Wildman–Crippen MR) is 70.2 cm³/mol. The molecule has 0 amide bonds. The second kappa shape index (κ2) is 4.99. The number of fused-ring (bicyclic) bond motifs is 2. The van der Waals surface area contributed by atoms with Gasteiger partial charge in [0.1, 0.15) is 5.60 Å². The van der Waals surface area contributed by atoms with Gasteiger partial charge in [0.25, 0.3) is 0 Å². The summed E-state index contributed by atoms with van der Waals surface area (Å²) in [5.74, 6) is -0.0838. The minimum atomic E-state index is -0.488. The standard InChI is InChI=1S/C15H22O4/c1-15(2,3)19-14(17)13-10-6-5-9(7-10)11(13)8-12(16)18-4/h5-6,9-11,13H,7-8H2,1-4H3. The van der Waals surface area contributed by atoms with Gasteiger partial charge < -0.3 is 9.47 Å². The number of ether oxygens (including phenoxy) is 2. The van der Waals surface area contributed by atoms with Crippen LogP contribution in [0.15, 0.2) is 12.2 Å². The van der Waals surface area contributed by atoms with Crippen molar-refractivity contribution < 1.29 is 19.1 Å². The van der Waals surface area contributed by atoms with Crippen molar-refractivity contribution in [3.63, 3.8) is 0 Å². The highest BCUT2D eigenvalue weighted by molar-refractivity contribution is 5.77. The van der Waals surface area contributed by atoms with Crippen molar-refractivity contribution >= 4 is 11.9 Å². The Kier molecular flexibility index (Phi) is 3.70. The number of hydrogen-bond donors (Lipinski definition) is 0. The monoisotopic (exact) mass is 266 g/mol. The molecule has 0 aliphatic heterocycles. The summed E-state index contributed by atoms with van der Waals surface area (Å²) in [6, 6.07) is 0. The molecule has 106 valence electrons. The second-order valence-corrected chi connectivity index (χ2v) is 6.45. The Morgan fingerprint density at radius 3 is 2.42 bits per heavy atom. The fourth-order valence-electron chi connectivity index (χ4n) is 3.20. The van der Waals surface area contributed by atoms with E-state index in [-0.39, 0.29) is 29.7 Å². The summed E-state index contributed by atoms with van der Waals surface area (Å²) in [7, 11) is 1.38. The third-order valence-corrected chi connectivity index (χ3v) is 3.93. The quantitative estimate of drug-likeness (QED) is 0.581. The van der Waals surface area contributed by atoms with Gasteiger partial charge in [-0.3, -0.25) is 9.59 Å². The number of carbonyl (C=O) groups is 2. The Balaban J connectivity index is 2.11. The van der Waals surface area contributed by atoms with Crippen LogP contribution >= 0.6 is 0 Å². The van der Waals surface area contributed by atoms with Crippen LogP contribution in [0.4, 0.5) is 0 Å². The van der Waals surface area contributed by atoms with Crippen LogP contribution in [0.2, 0.25) is 0 Å². The van der Waals surface area contributed by atoms with Gasteiger partial charge in [0.15, 0.2) is 0 Å². The average Bonchev–Trinajstić information content (AvgIpc) is 2.86. The van der Waals surface area contributed by atoms with Crippen LogP contribution in [-0.2, 0) is 19.1 Å². The first-order chi connectivity index (χ1) is 8.81. The highest BCUT2D eigenvalue weighted by atomic mass is 16.6. The maximum atomic E-state index is 12.3. The van der Waals surface area contributed by atoms with Crippen molar-refractivity contribution in [1.82, 2.24) is 0 Å². The lowest BCUT2D eigenvalue weighted by molar-refractivity contribution is -0.163. The first-order valence-corrected chi connectivity index (χ1v) is 6.80. The van der Waals surface area contributed by atoms with Gasteiger partial charge in [-0.1, -0.05) is 12.2 Å². The van der Waals surface area contributed by atoms with Gasteiger partial charge in [-0.25, -0.2) is 0 Å². The fourth-order valence-corrected chi connectivity index (χ4v) is 3.20. The number of carbonyl (C=O) groups excluding carboxylic acids is 2. The molecule has 0 aromatic heterocycles. The van der Waals surface area contributed by atoms with Crippen LogP contribution in [-0.4, -0.2) is 24.6 Å². The molecule has 4 nitrogen and oxygen atoms in total. The molecule has 2 rings (SSSR count). The van der Waals surface area contributed by atoms with E-state index < -0.39 is 5.60 Å². The Labute approximate surface area is 114 Å². The van der Waals surface area contributed by atoms with E-state index in [4.69, 9.17) is 9.47 Å². The average molecular weight is 266 g/mol. The molecule has 2 aliphatic carbocycles. The lowest BCUT2D eigenvalue weighted by Crippen LogP contribution is -2.35. The molecule has 1 fully saturated rings. The zero-order valence-electron chi connectivity index (χ0n) is 12.0. The number of rotatable bonds is 3. The molecule has 4 heteroatoms. The van der Waals surface area contributed by atoms with Crippen LogP contribution in [0.25, 0.3) is 0 Å². The molecule has 0 N–H and O–H groups in total. The summed E-state index contributed by atoms with van der Waals surface area (Å²) < 4.78 is 10.2. The van der Waals surface area contributed by atoms with Gasteiger partial charge in [-0.05, 0) is 44.9 Å². The molecule has 19 heavy (non-hydrogen) atoms. The SMILES string of the molecule is COC(=O)CC1C2C=CC(C2)C1C(=O)OC(C)(C)C. The van der Waals surface area contributed by atoms with Crippen LogP contribution < -0.4 is 0 Å². The van der Waals surface area contributed by atoms with Crippen molar-refractivity contribution in [2.45, 2.75) is 39.2 Å². The summed E-state index contributed by atoms with van der Waals surface area (Å²) >= 11 is 0. The minimum absolute atomic E-state index is 0.0253. The van der Waals surface area contributed by atoms with E-state index in [1.165, 1.54) is 7.11 Å². The normalized spacial score (nSPS) is 32.4. The lowest BCUT2D eigenvalue weighted by atomic mass is 9.81. The van der Waals surface area contributed by atoms with E-state index in [1.54, 1.807) is 0 Å². The largest absolute Gasteiger partial charge is 0.469 e. The second-order valence-electron chi connectivity index (χ2n) is 6.45. The summed E-state index contributed by atoms with van der Waals surface area (Å²) in [6.07, 6.45) is 5.46. The number of hydrogen-bond acceptors (Lipinski definition) is 4. The third-order valence-electron chi connectivity index (χ3n) is 3.93. The molecule has 4 unspecified atom stereocenters. The maximum absolute atomic E-state index is 12.3. The van der Waals surface area contributed by atoms with E-state index in [1.807, 2.05) is 20.8 Å². The van der Waals surface area contributed by atoms with Gasteiger partial charge in [-0.15, -0.1) is 0 Å². The molecule has 2 bridgehead atoms. The lowest BCUT2D eigenvalue weighted by Gasteiger charge is -2.29. The Morgan fingerprint density at radius 1 is 1.21 bits per heavy atom. The Hall–Kier alpha value is -1.32. The number of allylic oxidation sites excluding steroid dienone is 2. The first-order valence-electron chi connectivity index (χ1n) is 6.80. The highest BCUT2D eigenvalue weighted by Gasteiger charge is 2.50. The number of esters is 2. The molecule has 0 saturated heterocycles. The van der Waals surface area contributed by atoms with E-state index in [0.717, 1.165) is 6.42 Å². The van der Waals surface area contributed by atoms with Crippen molar-refractivity contribution in [3.8, 4) is 0 Å². The first kappa shape index (κ1) is 14.1. The fraction of sp³-hybridized carbons (Fsp3) is 0.733. The molecule has 0 spiro atoms. The van der Waals surface area contributed by atoms with E-state index in [2.05, 4.69) is 12.2 Å². The van der Waals surface area contributed by atoms with Crippen molar-refractivity contribution in [3.05, 3.63) is 12.2 Å². The smallest absolute Gasteiger partial charge is 0.310 e. The molecular formula is C15H22O4. The summed E-state index contributed by atoms with van der Waals surface area (Å²) in [6.45, 7) is 5.59. The maximum Gasteiger partial charge on any atom is 0.310 e. The molecule has 0 aromatic rings. The summed E-state index contributed by atoms with van der Waals surface area (Å²) in [4.78, 5) is 23.8. The van der Waals surface area contributed by atoms with Crippen molar-refractivity contribution in [2.75, 3.05) is 7.11 Å². The molecule has 0 aromatic carbocycles. The molecule has 4 atom stereocenters. The third kappa shape index (κ3) is 2.99. The van der Waals surface area contributed by atoms with Gasteiger partial charge in [0.05, 0.1) is 13.0 Å². The van der Waals surface area contributed by atoms with Crippen LogP contribution in [0.1, 0.15) is 33.6 Å². The highest BCUT2D eigenvalue weighted by Crippen LogP contribution is 2.50. The van der Waals surface area contributed by atoms with E-state index >= 15 is 0 Å². The van der Waals surface area contributed by atoms with Crippen LogP contribution in [0.3, 0.4) is 0 Å². The molecule has 2 aliphatic rings. The molecule has 1 saturated carbocycles. The Bertz CT molecular complexity index is 405. The Morgan fingerprint density at radius 2 is 1.84 bits per heavy atom. The van der Waals surface area contributed by atoms with Gasteiger partial charge in [0.2, 0.25) is 0 Å².